The Morgan fingerprint density at radius 1 is 1.55 bits per heavy atom. The fourth-order valence-corrected chi connectivity index (χ4v) is 1.15. The van der Waals surface area contributed by atoms with Crippen molar-refractivity contribution in [2.24, 2.45) is 0 Å². The minimum Gasteiger partial charge on any atom is -0.459 e. The summed E-state index contributed by atoms with van der Waals surface area (Å²) in [6.45, 7) is 1.80. The van der Waals surface area contributed by atoms with Gasteiger partial charge in [-0.15, -0.1) is 23.3 Å². The number of carbonyl (C=O) groups excluding carboxylic acids is 2. The van der Waals surface area contributed by atoms with E-state index in [1.807, 2.05) is 0 Å². The molecule has 0 aliphatic rings. The third kappa shape index (κ3) is 5.28. The molecule has 0 aromatic carbocycles. The van der Waals surface area contributed by atoms with Crippen LogP contribution < -0.4 is 4.72 Å². The lowest BCUT2D eigenvalue weighted by molar-refractivity contribution is -0.153. The van der Waals surface area contributed by atoms with Crippen LogP contribution in [0.25, 0.3) is 0 Å². The lowest BCUT2D eigenvalue weighted by atomic mass is 10.6. The molecular formula is C4H9NO3S3. The summed E-state index contributed by atoms with van der Waals surface area (Å²) in [6.07, 6.45) is 0. The SMILES string of the molecule is CCOC(=O)C(=O)N[SH](S)S. The molecule has 0 aliphatic carbocycles. The number of esters is 1. The van der Waals surface area contributed by atoms with E-state index in [1.54, 1.807) is 6.92 Å². The van der Waals surface area contributed by atoms with Crippen LogP contribution in [0.15, 0.2) is 0 Å². The second-order valence-electron chi connectivity index (χ2n) is 1.45. The second kappa shape index (κ2) is 5.62. The van der Waals surface area contributed by atoms with Gasteiger partial charge in [0.05, 0.1) is 6.61 Å². The Bertz CT molecular complexity index is 161. The van der Waals surface area contributed by atoms with Crippen LogP contribution in [0.4, 0.5) is 0 Å². The van der Waals surface area contributed by atoms with Crippen molar-refractivity contribution < 1.29 is 14.3 Å². The molecule has 0 saturated heterocycles. The van der Waals surface area contributed by atoms with E-state index >= 15 is 0 Å². The maximum Gasteiger partial charge on any atom is 0.397 e. The van der Waals surface area contributed by atoms with Gasteiger partial charge < -0.3 is 4.74 Å². The molecule has 0 spiro atoms. The van der Waals surface area contributed by atoms with E-state index in [2.05, 4.69) is 32.8 Å². The van der Waals surface area contributed by atoms with Gasteiger partial charge in [-0.2, -0.15) is 0 Å². The third-order valence-electron chi connectivity index (χ3n) is 0.662. The molecule has 4 nitrogen and oxygen atoms in total. The standard InChI is InChI=1S/C4H9NO3S3/c1-2-8-4(7)3(6)5-11(9)10/h9-11H,2H2,1H3,(H,5,6). The topological polar surface area (TPSA) is 55.4 Å². The molecule has 1 N–H and O–H groups in total. The minimum atomic E-state index is -1.19. The molecule has 0 aromatic rings. The van der Waals surface area contributed by atoms with Gasteiger partial charge in [0.25, 0.3) is 0 Å². The summed E-state index contributed by atoms with van der Waals surface area (Å²) in [5.74, 6) is -1.70. The average Bonchev–Trinajstić information content (AvgIpc) is 1.86. The highest BCUT2D eigenvalue weighted by Crippen LogP contribution is 2.28. The molecule has 0 rings (SSSR count). The molecule has 0 aromatic heterocycles. The summed E-state index contributed by atoms with van der Waals surface area (Å²) < 4.78 is 6.60. The monoisotopic (exact) mass is 215 g/mol. The predicted molar refractivity (Wildman–Crippen MR) is 51.7 cm³/mol. The first-order valence-electron chi connectivity index (χ1n) is 2.73. The maximum absolute atomic E-state index is 10.7. The van der Waals surface area contributed by atoms with Gasteiger partial charge >= 0.3 is 11.9 Å². The Morgan fingerprint density at radius 2 is 2.09 bits per heavy atom. The largest absolute Gasteiger partial charge is 0.459 e. The van der Waals surface area contributed by atoms with Gasteiger partial charge in [-0.1, -0.05) is 9.15 Å². The molecule has 7 heteroatoms. The fourth-order valence-electron chi connectivity index (χ4n) is 0.333. The first-order valence-corrected chi connectivity index (χ1v) is 6.38. The zero-order valence-electron chi connectivity index (χ0n) is 5.77. The molecular weight excluding hydrogens is 206 g/mol. The Kier molecular flexibility index (Phi) is 5.61. The molecule has 0 unspecified atom stereocenters. The van der Waals surface area contributed by atoms with Crippen molar-refractivity contribution in [3.8, 4) is 0 Å². The van der Waals surface area contributed by atoms with Gasteiger partial charge in [-0.25, -0.2) is 4.79 Å². The van der Waals surface area contributed by atoms with Crippen LogP contribution in [-0.4, -0.2) is 18.5 Å². The molecule has 0 atom stereocenters. The number of nitrogens with one attached hydrogen (secondary N) is 1. The normalized spacial score (nSPS) is 10.3. The van der Waals surface area contributed by atoms with Crippen LogP contribution in [-0.2, 0) is 14.3 Å². The number of hydrogen-bond acceptors (Lipinski definition) is 5. The number of carbonyl (C=O) groups is 2. The van der Waals surface area contributed by atoms with Crippen molar-refractivity contribution in [3.63, 3.8) is 0 Å². The molecule has 66 valence electrons. The van der Waals surface area contributed by atoms with Crippen molar-refractivity contribution in [2.45, 2.75) is 6.92 Å². The quantitative estimate of drug-likeness (QED) is 0.231. The van der Waals surface area contributed by atoms with Gasteiger partial charge in [0, 0.05) is 0 Å². The first-order chi connectivity index (χ1) is 5.07. The summed E-state index contributed by atoms with van der Waals surface area (Å²) in [5.41, 5.74) is 0. The molecule has 11 heavy (non-hydrogen) atoms. The van der Waals surface area contributed by atoms with Crippen molar-refractivity contribution >= 4 is 44.3 Å². The van der Waals surface area contributed by atoms with E-state index in [1.165, 1.54) is 0 Å². The minimum absolute atomic E-state index is 0.184. The summed E-state index contributed by atoms with van der Waals surface area (Å²) in [4.78, 5) is 21.3. The van der Waals surface area contributed by atoms with E-state index in [0.717, 1.165) is 0 Å². The highest BCUT2D eigenvalue weighted by Gasteiger charge is 2.14. The van der Waals surface area contributed by atoms with Gasteiger partial charge in [0.15, 0.2) is 0 Å². The summed E-state index contributed by atoms with van der Waals surface area (Å²) in [6, 6.07) is 0. The highest BCUT2D eigenvalue weighted by atomic mass is 33.5. The molecule has 0 bridgehead atoms. The van der Waals surface area contributed by atoms with E-state index < -0.39 is 21.0 Å². The van der Waals surface area contributed by atoms with E-state index in [-0.39, 0.29) is 6.61 Å². The Labute approximate surface area is 77.2 Å². The van der Waals surface area contributed by atoms with Gasteiger partial charge in [0.2, 0.25) is 0 Å². The smallest absolute Gasteiger partial charge is 0.397 e. The average molecular weight is 215 g/mol. The third-order valence-corrected chi connectivity index (χ3v) is 1.67. The molecule has 0 saturated carbocycles. The van der Waals surface area contributed by atoms with E-state index in [4.69, 9.17) is 0 Å². The first kappa shape index (κ1) is 11.0. The number of rotatable bonds is 2. The van der Waals surface area contributed by atoms with Crippen LogP contribution in [0.5, 0.6) is 0 Å². The number of ether oxygens (including phenoxy) is 1. The molecule has 1 amide bonds. The van der Waals surface area contributed by atoms with Crippen molar-refractivity contribution in [1.29, 1.82) is 0 Å². The Morgan fingerprint density at radius 3 is 2.45 bits per heavy atom. The van der Waals surface area contributed by atoms with Crippen LogP contribution in [0.2, 0.25) is 0 Å². The molecule has 0 fully saturated rings. The van der Waals surface area contributed by atoms with Gasteiger partial charge in [0.1, 0.15) is 0 Å². The van der Waals surface area contributed by atoms with Crippen LogP contribution >= 0.6 is 32.5 Å². The molecule has 0 radical (unpaired) electrons. The number of thiol groups is 3. The van der Waals surface area contributed by atoms with Crippen molar-refractivity contribution in [1.82, 2.24) is 4.72 Å². The lowest BCUT2D eigenvalue weighted by Gasteiger charge is -2.07. The van der Waals surface area contributed by atoms with Gasteiger partial charge in [-0.05, 0) is 6.92 Å². The zero-order valence-corrected chi connectivity index (χ0v) is 8.46. The zero-order chi connectivity index (χ0) is 8.85. The molecule has 0 aliphatic heterocycles. The Hall–Kier alpha value is -0.0100. The van der Waals surface area contributed by atoms with Crippen LogP contribution in [0.3, 0.4) is 0 Å². The fraction of sp³-hybridized carbons (Fsp3) is 0.500. The van der Waals surface area contributed by atoms with E-state index in [0.29, 0.717) is 0 Å². The van der Waals surface area contributed by atoms with Crippen LogP contribution in [0.1, 0.15) is 6.92 Å². The van der Waals surface area contributed by atoms with Crippen LogP contribution in [0, 0.1) is 0 Å². The summed E-state index contributed by atoms with van der Waals surface area (Å²) >= 11 is 7.58. The molecule has 0 heterocycles. The summed E-state index contributed by atoms with van der Waals surface area (Å²) in [7, 11) is -1.19. The van der Waals surface area contributed by atoms with E-state index in [9.17, 15) is 9.59 Å². The van der Waals surface area contributed by atoms with Crippen molar-refractivity contribution in [2.75, 3.05) is 6.61 Å². The lowest BCUT2D eigenvalue weighted by Crippen LogP contribution is -2.28. The maximum atomic E-state index is 10.7. The second-order valence-corrected chi connectivity index (χ2v) is 5.60. The van der Waals surface area contributed by atoms with Crippen molar-refractivity contribution in [3.05, 3.63) is 0 Å². The highest BCUT2D eigenvalue weighted by molar-refractivity contribution is 9.08. The Balaban J connectivity index is 3.74. The summed E-state index contributed by atoms with van der Waals surface area (Å²) in [5, 5.41) is 0. The van der Waals surface area contributed by atoms with Gasteiger partial charge in [-0.3, -0.25) is 9.52 Å². The number of amides is 1. The number of hydrogen-bond donors (Lipinski definition) is 4. The predicted octanol–water partition coefficient (Wildman–Crippen LogP) is 0.271.